The Hall–Kier alpha value is -2.00. The number of aromatic nitrogens is 4. The van der Waals surface area contributed by atoms with Crippen molar-refractivity contribution < 1.29 is 8.42 Å². The number of nitrogens with one attached hydrogen (secondary N) is 2. The second kappa shape index (κ2) is 5.97. The van der Waals surface area contributed by atoms with Gasteiger partial charge in [0.25, 0.3) is 0 Å². The molecule has 0 aliphatic carbocycles. The van der Waals surface area contributed by atoms with Crippen LogP contribution in [0.5, 0.6) is 0 Å². The lowest BCUT2D eigenvalue weighted by Crippen LogP contribution is -2.27. The van der Waals surface area contributed by atoms with Gasteiger partial charge >= 0.3 is 0 Å². The van der Waals surface area contributed by atoms with Gasteiger partial charge in [-0.25, -0.2) is 28.1 Å². The fourth-order valence-corrected chi connectivity index (χ4v) is 2.10. The zero-order valence-electron chi connectivity index (χ0n) is 11.2. The zero-order valence-corrected chi connectivity index (χ0v) is 12.1. The van der Waals surface area contributed by atoms with Gasteiger partial charge in [0.1, 0.15) is 23.8 Å². The molecule has 0 aliphatic rings. The van der Waals surface area contributed by atoms with E-state index >= 15 is 0 Å². The largest absolute Gasteiger partial charge is 0.369 e. The number of hydrogen-bond donors (Lipinski definition) is 2. The van der Waals surface area contributed by atoms with Crippen LogP contribution in [0, 0.1) is 6.92 Å². The van der Waals surface area contributed by atoms with Crippen molar-refractivity contribution in [3.63, 3.8) is 0 Å². The third-order valence-electron chi connectivity index (χ3n) is 2.52. The molecule has 0 aliphatic heterocycles. The molecule has 9 heteroatoms. The molecule has 108 valence electrons. The second-order valence-corrected chi connectivity index (χ2v) is 6.03. The number of aryl methyl sites for hydroxylation is 1. The molecule has 0 bridgehead atoms. The average Bonchev–Trinajstić information content (AvgIpc) is 2.80. The van der Waals surface area contributed by atoms with Crippen LogP contribution in [0.2, 0.25) is 0 Å². The molecule has 0 aromatic carbocycles. The Balaban J connectivity index is 1.99. The molecule has 0 atom stereocenters. The number of nitrogens with zero attached hydrogens (tertiary/aromatic N) is 4. The van der Waals surface area contributed by atoms with Gasteiger partial charge in [-0.05, 0) is 6.92 Å². The van der Waals surface area contributed by atoms with Crippen LogP contribution in [0.4, 0.5) is 5.82 Å². The minimum atomic E-state index is -3.16. The first kappa shape index (κ1) is 14.4. The molecule has 2 heterocycles. The van der Waals surface area contributed by atoms with Crippen molar-refractivity contribution in [3.8, 4) is 5.82 Å². The number of hydrogen-bond acceptors (Lipinski definition) is 6. The van der Waals surface area contributed by atoms with Crippen molar-refractivity contribution in [1.82, 2.24) is 24.2 Å². The van der Waals surface area contributed by atoms with Gasteiger partial charge in [-0.2, -0.15) is 0 Å². The maximum absolute atomic E-state index is 10.9. The second-order valence-electron chi connectivity index (χ2n) is 4.20. The molecule has 0 fully saturated rings. The van der Waals surface area contributed by atoms with Crippen LogP contribution in [0.25, 0.3) is 5.82 Å². The molecule has 0 unspecified atom stereocenters. The maximum atomic E-state index is 10.9. The first-order valence-electron chi connectivity index (χ1n) is 5.96. The van der Waals surface area contributed by atoms with Crippen LogP contribution in [0.1, 0.15) is 5.82 Å². The summed E-state index contributed by atoms with van der Waals surface area (Å²) >= 11 is 0. The summed E-state index contributed by atoms with van der Waals surface area (Å²) in [6.07, 6.45) is 6.08. The smallest absolute Gasteiger partial charge is 0.208 e. The highest BCUT2D eigenvalue weighted by molar-refractivity contribution is 7.88. The summed E-state index contributed by atoms with van der Waals surface area (Å²) in [7, 11) is -3.16. The van der Waals surface area contributed by atoms with Gasteiger partial charge in [-0.1, -0.05) is 0 Å². The lowest BCUT2D eigenvalue weighted by Gasteiger charge is -2.08. The highest BCUT2D eigenvalue weighted by Crippen LogP contribution is 2.10. The number of rotatable bonds is 6. The Bertz CT molecular complexity index is 682. The molecule has 0 amide bonds. The van der Waals surface area contributed by atoms with Crippen LogP contribution in [-0.4, -0.2) is 47.3 Å². The predicted molar refractivity (Wildman–Crippen MR) is 75.2 cm³/mol. The normalized spacial score (nSPS) is 11.5. The van der Waals surface area contributed by atoms with Gasteiger partial charge in [0.2, 0.25) is 10.0 Å². The quantitative estimate of drug-likeness (QED) is 0.724. The van der Waals surface area contributed by atoms with E-state index in [0.717, 1.165) is 12.1 Å². The van der Waals surface area contributed by atoms with E-state index in [1.165, 1.54) is 6.33 Å². The van der Waals surface area contributed by atoms with E-state index in [1.54, 1.807) is 12.3 Å². The summed E-state index contributed by atoms with van der Waals surface area (Å²) in [5.74, 6) is 2.15. The van der Waals surface area contributed by atoms with E-state index in [1.807, 2.05) is 17.7 Å². The van der Waals surface area contributed by atoms with Gasteiger partial charge in [0.05, 0.1) is 6.26 Å². The maximum Gasteiger partial charge on any atom is 0.208 e. The molecule has 2 N–H and O–H groups in total. The summed E-state index contributed by atoms with van der Waals surface area (Å²) in [6.45, 7) is 2.61. The van der Waals surface area contributed by atoms with E-state index in [-0.39, 0.29) is 0 Å². The fraction of sp³-hybridized carbons (Fsp3) is 0.364. The van der Waals surface area contributed by atoms with Crippen LogP contribution < -0.4 is 10.0 Å². The van der Waals surface area contributed by atoms with Crippen LogP contribution >= 0.6 is 0 Å². The lowest BCUT2D eigenvalue weighted by molar-refractivity contribution is 0.589. The molecule has 0 spiro atoms. The topological polar surface area (TPSA) is 102 Å². The Morgan fingerprint density at radius 1 is 1.25 bits per heavy atom. The number of sulfonamides is 1. The van der Waals surface area contributed by atoms with Gasteiger partial charge in [-0.3, -0.25) is 4.57 Å². The molecular weight excluding hydrogens is 280 g/mol. The molecule has 8 nitrogen and oxygen atoms in total. The first-order chi connectivity index (χ1) is 9.46. The molecule has 0 saturated heterocycles. The summed E-state index contributed by atoms with van der Waals surface area (Å²) in [4.78, 5) is 12.4. The summed E-state index contributed by atoms with van der Waals surface area (Å²) in [5.41, 5.74) is 0. The zero-order chi connectivity index (χ0) is 14.6. The Kier molecular flexibility index (Phi) is 4.30. The molecular formula is C11H16N6O2S. The summed E-state index contributed by atoms with van der Waals surface area (Å²) in [5, 5.41) is 3.03. The average molecular weight is 296 g/mol. The van der Waals surface area contributed by atoms with Crippen molar-refractivity contribution in [1.29, 1.82) is 0 Å². The van der Waals surface area contributed by atoms with Crippen LogP contribution in [0.15, 0.2) is 24.8 Å². The molecule has 2 aromatic heterocycles. The van der Waals surface area contributed by atoms with Gasteiger partial charge in [0.15, 0.2) is 0 Å². The van der Waals surface area contributed by atoms with Crippen molar-refractivity contribution >= 4 is 15.8 Å². The third kappa shape index (κ3) is 4.00. The minimum absolute atomic E-state index is 0.294. The van der Waals surface area contributed by atoms with Gasteiger partial charge in [0, 0.05) is 31.5 Å². The van der Waals surface area contributed by atoms with E-state index in [0.29, 0.717) is 24.7 Å². The summed E-state index contributed by atoms with van der Waals surface area (Å²) < 4.78 is 26.1. The van der Waals surface area contributed by atoms with E-state index < -0.39 is 10.0 Å². The lowest BCUT2D eigenvalue weighted by atomic mass is 10.5. The van der Waals surface area contributed by atoms with E-state index in [9.17, 15) is 8.42 Å². The van der Waals surface area contributed by atoms with Crippen molar-refractivity contribution in [3.05, 3.63) is 30.6 Å². The Morgan fingerprint density at radius 3 is 2.70 bits per heavy atom. The Morgan fingerprint density at radius 2 is 2.05 bits per heavy atom. The summed E-state index contributed by atoms with van der Waals surface area (Å²) in [6, 6.07) is 1.77. The van der Waals surface area contributed by atoms with Crippen molar-refractivity contribution in [2.45, 2.75) is 6.92 Å². The Labute approximate surface area is 117 Å². The number of anilines is 1. The van der Waals surface area contributed by atoms with Crippen LogP contribution in [0.3, 0.4) is 0 Å². The number of imidazole rings is 1. The first-order valence-corrected chi connectivity index (χ1v) is 7.86. The molecule has 20 heavy (non-hydrogen) atoms. The fourth-order valence-electron chi connectivity index (χ4n) is 1.62. The minimum Gasteiger partial charge on any atom is -0.369 e. The highest BCUT2D eigenvalue weighted by Gasteiger charge is 2.04. The highest BCUT2D eigenvalue weighted by atomic mass is 32.2. The van der Waals surface area contributed by atoms with Gasteiger partial charge < -0.3 is 5.32 Å². The molecule has 0 saturated carbocycles. The van der Waals surface area contributed by atoms with Crippen molar-refractivity contribution in [2.75, 3.05) is 24.7 Å². The monoisotopic (exact) mass is 296 g/mol. The third-order valence-corrected chi connectivity index (χ3v) is 3.25. The molecule has 2 rings (SSSR count). The van der Waals surface area contributed by atoms with Gasteiger partial charge in [-0.15, -0.1) is 0 Å². The predicted octanol–water partition coefficient (Wildman–Crippen LogP) is -0.0682. The van der Waals surface area contributed by atoms with Crippen molar-refractivity contribution in [2.24, 2.45) is 0 Å². The molecule has 0 radical (unpaired) electrons. The SMILES string of the molecule is Cc1nccn1-c1cc(NCCNS(C)(=O)=O)ncn1. The molecule has 2 aromatic rings. The van der Waals surface area contributed by atoms with Crippen LogP contribution in [-0.2, 0) is 10.0 Å². The van der Waals surface area contributed by atoms with E-state index in [2.05, 4.69) is 25.0 Å². The van der Waals surface area contributed by atoms with E-state index in [4.69, 9.17) is 0 Å². The standard InChI is InChI=1S/C11H16N6O2S/c1-9-12-5-6-17(9)11-7-10(14-8-15-11)13-3-4-16-20(2,18)19/h5-8,16H,3-4H2,1-2H3,(H,13,14,15).